The number of ether oxygens (including phenoxy) is 2. The Morgan fingerprint density at radius 3 is 1.07 bits per heavy atom. The molecule has 1 atom stereocenters. The minimum absolute atomic E-state index is 0.198. The van der Waals surface area contributed by atoms with Crippen molar-refractivity contribution in [3.05, 3.63) is 147 Å². The standard InChI is InChI=1S/C19H18Si.C13H18O4Si.C8H16O4Si.C4H12Si/c1-20(17-11-5-2-6-12-17,18-13-7-3-8-14-18)19-15-9-4-10-16-19;1-4-13(14)16-10-11-17-18(3,15-2)12-8-6-5-7-9-12;1-5-8(9)11-6-7-12-13(3,4)10-2;1-5(2,3)4/h2-16H,1H3;4-9H,1,10-11H2,2-3H3;5H,1,6-7H2,2-4H3;1-4H3. The molecule has 12 heteroatoms. The Labute approximate surface area is 341 Å². The van der Waals surface area contributed by atoms with E-state index in [1.807, 2.05) is 50.0 Å². The maximum Gasteiger partial charge on any atom is 0.369 e. The zero-order valence-corrected chi connectivity index (χ0v) is 39.2. The Morgan fingerprint density at radius 2 is 0.786 bits per heavy atom. The van der Waals surface area contributed by atoms with Crippen molar-refractivity contribution in [1.29, 1.82) is 0 Å². The second kappa shape index (κ2) is 26.0. The molecule has 8 nitrogen and oxygen atoms in total. The summed E-state index contributed by atoms with van der Waals surface area (Å²) < 4.78 is 31.4. The number of benzene rings is 4. The fraction of sp³-hybridized carbons (Fsp3) is 0.318. The van der Waals surface area contributed by atoms with Crippen molar-refractivity contribution in [2.45, 2.75) is 52.4 Å². The lowest BCUT2D eigenvalue weighted by Crippen LogP contribution is -2.64. The van der Waals surface area contributed by atoms with Gasteiger partial charge in [0.25, 0.3) is 0 Å². The molecule has 0 bridgehead atoms. The number of carbonyl (C=O) groups is 2. The van der Waals surface area contributed by atoms with Crippen molar-refractivity contribution >= 4 is 66.0 Å². The van der Waals surface area contributed by atoms with E-state index in [-0.39, 0.29) is 13.2 Å². The van der Waals surface area contributed by atoms with Crippen LogP contribution in [0.2, 0.25) is 52.4 Å². The number of hydrogen-bond donors (Lipinski definition) is 0. The van der Waals surface area contributed by atoms with Crippen LogP contribution in [-0.4, -0.2) is 85.9 Å². The molecule has 0 spiro atoms. The first kappa shape index (κ1) is 50.0. The van der Waals surface area contributed by atoms with Crippen LogP contribution in [0.15, 0.2) is 147 Å². The maximum atomic E-state index is 10.9. The van der Waals surface area contributed by atoms with Gasteiger partial charge in [-0.25, -0.2) is 9.59 Å². The molecular weight excluding hydrogens is 769 g/mol. The summed E-state index contributed by atoms with van der Waals surface area (Å²) in [5.74, 6) is -0.875. The van der Waals surface area contributed by atoms with Crippen molar-refractivity contribution in [1.82, 2.24) is 0 Å². The average Bonchev–Trinajstić information content (AvgIpc) is 3.21. The molecule has 0 N–H and O–H groups in total. The van der Waals surface area contributed by atoms with Crippen molar-refractivity contribution in [2.75, 3.05) is 40.6 Å². The molecule has 0 aliphatic heterocycles. The third-order valence-corrected chi connectivity index (χ3v) is 17.3. The van der Waals surface area contributed by atoms with E-state index in [2.05, 4.69) is 137 Å². The quantitative estimate of drug-likeness (QED) is 0.0386. The molecule has 0 saturated heterocycles. The molecule has 1 unspecified atom stereocenters. The van der Waals surface area contributed by atoms with Gasteiger partial charge in [-0.05, 0) is 40.4 Å². The lowest BCUT2D eigenvalue weighted by atomic mass is 10.3. The maximum absolute atomic E-state index is 10.9. The Morgan fingerprint density at radius 1 is 0.482 bits per heavy atom. The molecule has 0 saturated carbocycles. The summed E-state index contributed by atoms with van der Waals surface area (Å²) in [6.07, 6.45) is 2.25. The van der Waals surface area contributed by atoms with Gasteiger partial charge >= 0.3 is 29.1 Å². The van der Waals surface area contributed by atoms with E-state index in [9.17, 15) is 9.59 Å². The van der Waals surface area contributed by atoms with E-state index in [0.717, 1.165) is 17.3 Å². The Kier molecular flexibility index (Phi) is 23.3. The first-order valence-electron chi connectivity index (χ1n) is 18.6. The van der Waals surface area contributed by atoms with Gasteiger partial charge in [0.05, 0.1) is 13.2 Å². The number of esters is 2. The van der Waals surface area contributed by atoms with Crippen LogP contribution in [0.5, 0.6) is 0 Å². The monoisotopic (exact) mass is 832 g/mol. The summed E-state index contributed by atoms with van der Waals surface area (Å²) in [6.45, 7) is 25.2. The minimum Gasteiger partial charge on any atom is -0.460 e. The highest BCUT2D eigenvalue weighted by molar-refractivity contribution is 7.10. The fourth-order valence-electron chi connectivity index (χ4n) is 4.80. The molecular formula is C44H64O8Si4. The van der Waals surface area contributed by atoms with Gasteiger partial charge in [-0.1, -0.05) is 167 Å². The zero-order valence-electron chi connectivity index (χ0n) is 35.2. The smallest absolute Gasteiger partial charge is 0.369 e. The SMILES string of the molecule is C=CC(=O)OCCO[Si](C)(C)OC.C=CC(=O)OCCO[Si](C)(OC)c1ccccc1.C[Si](C)(C)C.C[Si](c1ccccc1)(c1ccccc1)c1ccccc1. The molecule has 56 heavy (non-hydrogen) atoms. The zero-order chi connectivity index (χ0) is 42.1. The Balaban J connectivity index is 0.000000404. The van der Waals surface area contributed by atoms with Crippen molar-refractivity contribution < 1.29 is 36.8 Å². The lowest BCUT2D eigenvalue weighted by molar-refractivity contribution is -0.139. The fourth-order valence-corrected chi connectivity index (χ4v) is 10.9. The number of hydrogen-bond acceptors (Lipinski definition) is 8. The van der Waals surface area contributed by atoms with Gasteiger partial charge in [-0.2, -0.15) is 0 Å². The summed E-state index contributed by atoms with van der Waals surface area (Å²) in [4.78, 5) is 21.5. The van der Waals surface area contributed by atoms with E-state index >= 15 is 0 Å². The molecule has 4 aromatic carbocycles. The van der Waals surface area contributed by atoms with E-state index in [1.54, 1.807) is 14.2 Å². The Bertz CT molecular complexity index is 1580. The third kappa shape index (κ3) is 19.7. The molecule has 0 aliphatic carbocycles. The van der Waals surface area contributed by atoms with Gasteiger partial charge < -0.3 is 27.2 Å². The molecule has 0 aromatic heterocycles. The van der Waals surface area contributed by atoms with Gasteiger partial charge in [0.2, 0.25) is 0 Å². The van der Waals surface area contributed by atoms with Gasteiger partial charge in [0.1, 0.15) is 21.3 Å². The number of rotatable bonds is 16. The third-order valence-electron chi connectivity index (χ3n) is 8.05. The molecule has 0 heterocycles. The van der Waals surface area contributed by atoms with Crippen LogP contribution in [0.4, 0.5) is 0 Å². The number of carbonyl (C=O) groups excluding carboxylic acids is 2. The minimum atomic E-state index is -2.40. The van der Waals surface area contributed by atoms with Gasteiger partial charge in [0, 0.05) is 34.4 Å². The van der Waals surface area contributed by atoms with Crippen LogP contribution in [-0.2, 0) is 36.8 Å². The van der Waals surface area contributed by atoms with Crippen LogP contribution >= 0.6 is 0 Å². The highest BCUT2D eigenvalue weighted by Gasteiger charge is 2.34. The molecule has 304 valence electrons. The van der Waals surface area contributed by atoms with Crippen LogP contribution in [0.3, 0.4) is 0 Å². The van der Waals surface area contributed by atoms with Gasteiger partial charge in [-0.3, -0.25) is 0 Å². The molecule has 0 amide bonds. The van der Waals surface area contributed by atoms with Crippen LogP contribution in [0, 0.1) is 0 Å². The largest absolute Gasteiger partial charge is 0.460 e. The van der Waals surface area contributed by atoms with Crippen molar-refractivity contribution in [2.24, 2.45) is 0 Å². The normalized spacial score (nSPS) is 12.0. The van der Waals surface area contributed by atoms with E-state index in [0.29, 0.717) is 13.2 Å². The molecule has 0 fully saturated rings. The summed E-state index contributed by atoms with van der Waals surface area (Å²) in [7, 11) is -3.62. The van der Waals surface area contributed by atoms with Gasteiger partial charge in [0.15, 0.2) is 0 Å². The van der Waals surface area contributed by atoms with E-state index in [4.69, 9.17) is 27.2 Å². The molecule has 0 radical (unpaired) electrons. The van der Waals surface area contributed by atoms with E-state index in [1.165, 1.54) is 15.6 Å². The first-order chi connectivity index (χ1) is 26.5. The summed E-state index contributed by atoms with van der Waals surface area (Å²) in [5.41, 5.74) is 0. The van der Waals surface area contributed by atoms with E-state index < -0.39 is 45.2 Å². The summed E-state index contributed by atoms with van der Waals surface area (Å²) in [6, 6.07) is 42.6. The van der Waals surface area contributed by atoms with Crippen molar-refractivity contribution in [3.8, 4) is 0 Å². The predicted octanol–water partition coefficient (Wildman–Crippen LogP) is 7.18. The van der Waals surface area contributed by atoms with Crippen LogP contribution < -0.4 is 20.7 Å². The Hall–Kier alpha value is -3.99. The molecule has 4 rings (SSSR count). The molecule has 0 aliphatic rings. The summed E-state index contributed by atoms with van der Waals surface area (Å²) in [5, 5.41) is 5.41. The first-order valence-corrected chi connectivity index (χ1v) is 30.3. The summed E-state index contributed by atoms with van der Waals surface area (Å²) >= 11 is 0. The van der Waals surface area contributed by atoms with Gasteiger partial charge in [-0.15, -0.1) is 0 Å². The topological polar surface area (TPSA) is 89.5 Å². The van der Waals surface area contributed by atoms with Crippen molar-refractivity contribution in [3.63, 3.8) is 0 Å². The average molecular weight is 833 g/mol. The highest BCUT2D eigenvalue weighted by Crippen LogP contribution is 2.08. The van der Waals surface area contributed by atoms with Crippen LogP contribution in [0.1, 0.15) is 0 Å². The van der Waals surface area contributed by atoms with Crippen LogP contribution in [0.25, 0.3) is 0 Å². The second-order valence-electron chi connectivity index (χ2n) is 14.8. The second-order valence-corrected chi connectivity index (χ2v) is 31.4. The molecule has 4 aromatic rings. The highest BCUT2D eigenvalue weighted by atomic mass is 28.4. The predicted molar refractivity (Wildman–Crippen MR) is 242 cm³/mol. The lowest BCUT2D eigenvalue weighted by Gasteiger charge is -2.29.